The van der Waals surface area contributed by atoms with Gasteiger partial charge < -0.3 is 0 Å². The van der Waals surface area contributed by atoms with Crippen LogP contribution < -0.4 is 0 Å². The number of hydrogen-bond acceptors (Lipinski definition) is 2. The van der Waals surface area contributed by atoms with Crippen molar-refractivity contribution in [2.24, 2.45) is 0 Å². The molecule has 1 atom stereocenters. The molecule has 5 heteroatoms. The highest BCUT2D eigenvalue weighted by Gasteiger charge is 2.33. The average molecular weight is 163 g/mol. The quantitative estimate of drug-likeness (QED) is 0.462. The molecular weight excluding hydrogens is 154 g/mol. The van der Waals surface area contributed by atoms with E-state index in [2.05, 4.69) is 6.58 Å². The Labute approximate surface area is 60.0 Å². The molecule has 1 fully saturated rings. The standard InChI is InChI=1S/C5H9NO3S/c1-2-5-3-4-6(5)10(7,8)9/h2,5H,1,3-4H2,(H,7,8,9). The Morgan fingerprint density at radius 3 is 2.40 bits per heavy atom. The first-order valence-corrected chi connectivity index (χ1v) is 4.32. The molecule has 0 aromatic heterocycles. The third-order valence-electron chi connectivity index (χ3n) is 1.58. The van der Waals surface area contributed by atoms with Gasteiger partial charge in [-0.3, -0.25) is 4.55 Å². The summed E-state index contributed by atoms with van der Waals surface area (Å²) in [5, 5.41) is 0. The number of rotatable bonds is 2. The van der Waals surface area contributed by atoms with Gasteiger partial charge in [-0.25, -0.2) is 0 Å². The van der Waals surface area contributed by atoms with Crippen LogP contribution in [-0.2, 0) is 10.3 Å². The molecule has 0 saturated carbocycles. The van der Waals surface area contributed by atoms with Gasteiger partial charge in [0.2, 0.25) is 0 Å². The van der Waals surface area contributed by atoms with E-state index < -0.39 is 10.3 Å². The second kappa shape index (κ2) is 2.34. The van der Waals surface area contributed by atoms with Gasteiger partial charge in [0.1, 0.15) is 0 Å². The lowest BCUT2D eigenvalue weighted by atomic mass is 10.1. The van der Waals surface area contributed by atoms with E-state index in [1.165, 1.54) is 6.08 Å². The van der Waals surface area contributed by atoms with E-state index in [0.29, 0.717) is 6.54 Å². The van der Waals surface area contributed by atoms with Crippen molar-refractivity contribution < 1.29 is 13.0 Å². The summed E-state index contributed by atoms with van der Waals surface area (Å²) in [6.45, 7) is 3.83. The predicted molar refractivity (Wildman–Crippen MR) is 36.9 cm³/mol. The SMILES string of the molecule is C=CC1CCN1S(=O)(=O)O. The minimum Gasteiger partial charge on any atom is -0.273 e. The molecule has 10 heavy (non-hydrogen) atoms. The molecule has 0 amide bonds. The van der Waals surface area contributed by atoms with Gasteiger partial charge in [-0.15, -0.1) is 6.58 Å². The zero-order valence-electron chi connectivity index (χ0n) is 5.40. The van der Waals surface area contributed by atoms with E-state index in [4.69, 9.17) is 4.55 Å². The third kappa shape index (κ3) is 1.21. The Hall–Kier alpha value is -0.390. The smallest absolute Gasteiger partial charge is 0.273 e. The van der Waals surface area contributed by atoms with Gasteiger partial charge >= 0.3 is 10.3 Å². The van der Waals surface area contributed by atoms with Crippen LogP contribution in [0.3, 0.4) is 0 Å². The Kier molecular flexibility index (Phi) is 1.80. The normalized spacial score (nSPS) is 27.5. The van der Waals surface area contributed by atoms with Crippen molar-refractivity contribution in [2.75, 3.05) is 6.54 Å². The molecular formula is C5H9NO3S. The topological polar surface area (TPSA) is 57.6 Å². The van der Waals surface area contributed by atoms with Crippen molar-refractivity contribution in [3.63, 3.8) is 0 Å². The van der Waals surface area contributed by atoms with Gasteiger partial charge in [-0.2, -0.15) is 12.7 Å². The molecule has 0 aliphatic carbocycles. The molecule has 1 aliphatic heterocycles. The summed E-state index contributed by atoms with van der Waals surface area (Å²) >= 11 is 0. The Morgan fingerprint density at radius 2 is 2.30 bits per heavy atom. The van der Waals surface area contributed by atoms with Gasteiger partial charge in [0.25, 0.3) is 0 Å². The first kappa shape index (κ1) is 7.71. The maximum atomic E-state index is 10.4. The Balaban J connectivity index is 2.69. The largest absolute Gasteiger partial charge is 0.336 e. The van der Waals surface area contributed by atoms with Crippen molar-refractivity contribution in [1.29, 1.82) is 0 Å². The summed E-state index contributed by atoms with van der Waals surface area (Å²) in [5.74, 6) is 0. The van der Waals surface area contributed by atoms with Crippen LogP contribution in [0, 0.1) is 0 Å². The summed E-state index contributed by atoms with van der Waals surface area (Å²) in [4.78, 5) is 0. The van der Waals surface area contributed by atoms with E-state index in [0.717, 1.165) is 10.7 Å². The van der Waals surface area contributed by atoms with Crippen molar-refractivity contribution in [1.82, 2.24) is 4.31 Å². The van der Waals surface area contributed by atoms with E-state index in [-0.39, 0.29) is 6.04 Å². The Bertz CT molecular complexity index is 233. The van der Waals surface area contributed by atoms with E-state index >= 15 is 0 Å². The van der Waals surface area contributed by atoms with Crippen LogP contribution in [0.1, 0.15) is 6.42 Å². The molecule has 0 spiro atoms. The lowest BCUT2D eigenvalue weighted by Gasteiger charge is -2.35. The number of nitrogens with zero attached hydrogens (tertiary/aromatic N) is 1. The highest BCUT2D eigenvalue weighted by molar-refractivity contribution is 7.83. The monoisotopic (exact) mass is 163 g/mol. The summed E-state index contributed by atoms with van der Waals surface area (Å²) in [6.07, 6.45) is 2.26. The van der Waals surface area contributed by atoms with Gasteiger partial charge in [0.05, 0.1) is 0 Å². The van der Waals surface area contributed by atoms with Crippen molar-refractivity contribution in [3.8, 4) is 0 Å². The molecule has 0 aromatic rings. The fourth-order valence-electron chi connectivity index (χ4n) is 0.905. The zero-order valence-corrected chi connectivity index (χ0v) is 6.21. The van der Waals surface area contributed by atoms with E-state index in [1.54, 1.807) is 0 Å². The van der Waals surface area contributed by atoms with Crippen molar-refractivity contribution >= 4 is 10.3 Å². The summed E-state index contributed by atoms with van der Waals surface area (Å²) in [7, 11) is -3.97. The molecule has 1 aliphatic rings. The second-order valence-corrected chi connectivity index (χ2v) is 3.54. The maximum Gasteiger partial charge on any atom is 0.336 e. The number of hydrogen-bond donors (Lipinski definition) is 1. The van der Waals surface area contributed by atoms with Crippen molar-refractivity contribution in [2.45, 2.75) is 12.5 Å². The van der Waals surface area contributed by atoms with Crippen LogP contribution in [0.15, 0.2) is 12.7 Å². The highest BCUT2D eigenvalue weighted by atomic mass is 32.2. The lowest BCUT2D eigenvalue weighted by molar-refractivity contribution is 0.219. The van der Waals surface area contributed by atoms with Gasteiger partial charge in [0, 0.05) is 12.6 Å². The van der Waals surface area contributed by atoms with Crippen LogP contribution in [-0.4, -0.2) is 29.9 Å². The minimum atomic E-state index is -3.97. The van der Waals surface area contributed by atoms with Crippen LogP contribution in [0.4, 0.5) is 0 Å². The molecule has 0 bridgehead atoms. The fraction of sp³-hybridized carbons (Fsp3) is 0.600. The lowest BCUT2D eigenvalue weighted by Crippen LogP contribution is -2.49. The molecule has 58 valence electrons. The van der Waals surface area contributed by atoms with Gasteiger partial charge in [-0.1, -0.05) is 6.08 Å². The molecule has 1 rings (SSSR count). The molecule has 1 unspecified atom stereocenters. The predicted octanol–water partition coefficient (Wildman–Crippen LogP) is 0.0495. The summed E-state index contributed by atoms with van der Waals surface area (Å²) < 4.78 is 30.3. The zero-order chi connectivity index (χ0) is 7.78. The summed E-state index contributed by atoms with van der Waals surface area (Å²) in [5.41, 5.74) is 0. The maximum absolute atomic E-state index is 10.4. The van der Waals surface area contributed by atoms with Gasteiger partial charge in [0.15, 0.2) is 0 Å². The molecule has 1 heterocycles. The van der Waals surface area contributed by atoms with Crippen LogP contribution in [0.2, 0.25) is 0 Å². The molecule has 0 radical (unpaired) electrons. The van der Waals surface area contributed by atoms with Gasteiger partial charge in [-0.05, 0) is 6.42 Å². The third-order valence-corrected chi connectivity index (χ3v) is 2.63. The highest BCUT2D eigenvalue weighted by Crippen LogP contribution is 2.20. The Morgan fingerprint density at radius 1 is 1.70 bits per heavy atom. The average Bonchev–Trinajstić information content (AvgIpc) is 1.57. The van der Waals surface area contributed by atoms with E-state index in [9.17, 15) is 8.42 Å². The fourth-order valence-corrected chi connectivity index (χ4v) is 1.78. The van der Waals surface area contributed by atoms with Crippen molar-refractivity contribution in [3.05, 3.63) is 12.7 Å². The molecule has 0 aromatic carbocycles. The first-order chi connectivity index (χ1) is 4.55. The minimum absolute atomic E-state index is 0.199. The molecule has 4 nitrogen and oxygen atoms in total. The second-order valence-electron chi connectivity index (χ2n) is 2.18. The van der Waals surface area contributed by atoms with Crippen LogP contribution >= 0.6 is 0 Å². The van der Waals surface area contributed by atoms with Crippen LogP contribution in [0.5, 0.6) is 0 Å². The molecule has 1 saturated heterocycles. The first-order valence-electron chi connectivity index (χ1n) is 2.92. The van der Waals surface area contributed by atoms with Crippen LogP contribution in [0.25, 0.3) is 0 Å². The molecule has 1 N–H and O–H groups in total. The summed E-state index contributed by atoms with van der Waals surface area (Å²) in [6, 6.07) is -0.199. The van der Waals surface area contributed by atoms with E-state index in [1.807, 2.05) is 0 Å².